The molecule has 0 saturated carbocycles. The molecule has 0 aliphatic carbocycles. The standard InChI is InChI=1S/C17H29N5O2/c1-17(2,18)15-12-22(20-19-15)14-3-7-21(8-4-14)16(23)11-13-5-9-24-10-6-13/h12-14H,3-11,18H2,1-2H3. The molecule has 1 aromatic rings. The van der Waals surface area contributed by atoms with Gasteiger partial charge in [0.15, 0.2) is 0 Å². The van der Waals surface area contributed by atoms with Crippen LogP contribution in [0.5, 0.6) is 0 Å². The SMILES string of the molecule is CC(C)(N)c1cn(C2CCN(C(=O)CC3CCOCC3)CC2)nn1. The van der Waals surface area contributed by atoms with E-state index in [-0.39, 0.29) is 0 Å². The van der Waals surface area contributed by atoms with Crippen molar-refractivity contribution in [2.75, 3.05) is 26.3 Å². The van der Waals surface area contributed by atoms with Crippen LogP contribution in [0.1, 0.15) is 57.7 Å². The Hall–Kier alpha value is -1.47. The summed E-state index contributed by atoms with van der Waals surface area (Å²) in [6.45, 7) is 7.05. The van der Waals surface area contributed by atoms with Crippen LogP contribution < -0.4 is 5.73 Å². The number of hydrogen-bond acceptors (Lipinski definition) is 5. The third-order valence-electron chi connectivity index (χ3n) is 5.17. The maximum absolute atomic E-state index is 12.5. The molecule has 0 bridgehead atoms. The number of amides is 1. The minimum absolute atomic E-state index is 0.294. The van der Waals surface area contributed by atoms with E-state index in [1.807, 2.05) is 29.6 Å². The van der Waals surface area contributed by atoms with Gasteiger partial charge in [0.2, 0.25) is 5.91 Å². The molecular formula is C17H29N5O2. The van der Waals surface area contributed by atoms with E-state index in [0.29, 0.717) is 24.3 Å². The summed E-state index contributed by atoms with van der Waals surface area (Å²) in [5.41, 5.74) is 6.41. The number of likely N-dealkylation sites (tertiary alicyclic amines) is 1. The van der Waals surface area contributed by atoms with Crippen LogP contribution in [0.4, 0.5) is 0 Å². The predicted molar refractivity (Wildman–Crippen MR) is 90.2 cm³/mol. The van der Waals surface area contributed by atoms with Gasteiger partial charge >= 0.3 is 0 Å². The van der Waals surface area contributed by atoms with Crippen LogP contribution in [0.3, 0.4) is 0 Å². The second kappa shape index (κ2) is 7.19. The Balaban J connectivity index is 1.50. The molecule has 1 amide bonds. The molecule has 2 aliphatic heterocycles. The summed E-state index contributed by atoms with van der Waals surface area (Å²) in [5.74, 6) is 0.788. The number of rotatable bonds is 4. The monoisotopic (exact) mass is 335 g/mol. The fourth-order valence-corrected chi connectivity index (χ4v) is 3.46. The zero-order chi connectivity index (χ0) is 17.2. The first kappa shape index (κ1) is 17.4. The smallest absolute Gasteiger partial charge is 0.222 e. The van der Waals surface area contributed by atoms with E-state index in [1.165, 1.54) is 0 Å². The summed E-state index contributed by atoms with van der Waals surface area (Å²) in [5, 5.41) is 8.43. The third kappa shape index (κ3) is 4.13. The van der Waals surface area contributed by atoms with Crippen molar-refractivity contribution in [2.24, 2.45) is 11.7 Å². The minimum Gasteiger partial charge on any atom is -0.381 e. The highest BCUT2D eigenvalue weighted by atomic mass is 16.5. The summed E-state index contributed by atoms with van der Waals surface area (Å²) < 4.78 is 7.29. The highest BCUT2D eigenvalue weighted by molar-refractivity contribution is 5.76. The van der Waals surface area contributed by atoms with Gasteiger partial charge in [0.25, 0.3) is 0 Å². The fraction of sp³-hybridized carbons (Fsp3) is 0.824. The fourth-order valence-electron chi connectivity index (χ4n) is 3.46. The summed E-state index contributed by atoms with van der Waals surface area (Å²) in [4.78, 5) is 14.5. The Kier molecular flexibility index (Phi) is 5.20. The zero-order valence-corrected chi connectivity index (χ0v) is 14.8. The minimum atomic E-state index is -0.474. The molecular weight excluding hydrogens is 306 g/mol. The summed E-state index contributed by atoms with van der Waals surface area (Å²) in [6, 6.07) is 0.306. The van der Waals surface area contributed by atoms with E-state index in [9.17, 15) is 4.79 Å². The van der Waals surface area contributed by atoms with Crippen molar-refractivity contribution in [1.82, 2.24) is 19.9 Å². The average Bonchev–Trinajstić information content (AvgIpc) is 3.06. The first-order valence-electron chi connectivity index (χ1n) is 9.00. The van der Waals surface area contributed by atoms with E-state index in [4.69, 9.17) is 10.5 Å². The van der Waals surface area contributed by atoms with Crippen molar-refractivity contribution < 1.29 is 9.53 Å². The van der Waals surface area contributed by atoms with Crippen LogP contribution >= 0.6 is 0 Å². The number of ether oxygens (including phenoxy) is 1. The van der Waals surface area contributed by atoms with Gasteiger partial charge in [0.1, 0.15) is 5.69 Å². The normalized spacial score (nSPS) is 21.2. The Morgan fingerprint density at radius 3 is 2.54 bits per heavy atom. The van der Waals surface area contributed by atoms with Crippen LogP contribution in [0.25, 0.3) is 0 Å². The second-order valence-corrected chi connectivity index (χ2v) is 7.68. The molecule has 134 valence electrons. The maximum atomic E-state index is 12.5. The van der Waals surface area contributed by atoms with Gasteiger partial charge in [-0.15, -0.1) is 5.10 Å². The van der Waals surface area contributed by atoms with Crippen molar-refractivity contribution in [3.05, 3.63) is 11.9 Å². The van der Waals surface area contributed by atoms with Crippen molar-refractivity contribution >= 4 is 5.91 Å². The molecule has 2 fully saturated rings. The third-order valence-corrected chi connectivity index (χ3v) is 5.17. The molecule has 2 N–H and O–H groups in total. The second-order valence-electron chi connectivity index (χ2n) is 7.68. The number of carbonyl (C=O) groups is 1. The van der Waals surface area contributed by atoms with Crippen LogP contribution in [-0.2, 0) is 15.1 Å². The highest BCUT2D eigenvalue weighted by Crippen LogP contribution is 2.25. The highest BCUT2D eigenvalue weighted by Gasteiger charge is 2.28. The van der Waals surface area contributed by atoms with Crippen LogP contribution in [0.2, 0.25) is 0 Å². The largest absolute Gasteiger partial charge is 0.381 e. The molecule has 0 spiro atoms. The van der Waals surface area contributed by atoms with Gasteiger partial charge in [0.05, 0.1) is 17.8 Å². The van der Waals surface area contributed by atoms with Gasteiger partial charge in [-0.25, -0.2) is 4.68 Å². The first-order chi connectivity index (χ1) is 11.4. The number of carbonyl (C=O) groups excluding carboxylic acids is 1. The lowest BCUT2D eigenvalue weighted by Crippen LogP contribution is -2.40. The molecule has 0 aromatic carbocycles. The van der Waals surface area contributed by atoms with Gasteiger partial charge in [-0.2, -0.15) is 0 Å². The molecule has 7 heteroatoms. The topological polar surface area (TPSA) is 86.3 Å². The molecule has 2 aliphatic rings. The quantitative estimate of drug-likeness (QED) is 0.900. The van der Waals surface area contributed by atoms with E-state index >= 15 is 0 Å². The first-order valence-corrected chi connectivity index (χ1v) is 9.00. The van der Waals surface area contributed by atoms with Gasteiger partial charge in [-0.3, -0.25) is 4.79 Å². The molecule has 0 unspecified atom stereocenters. The number of aromatic nitrogens is 3. The van der Waals surface area contributed by atoms with E-state index in [1.54, 1.807) is 0 Å². The molecule has 0 atom stereocenters. The van der Waals surface area contributed by atoms with Crippen LogP contribution in [0.15, 0.2) is 6.20 Å². The van der Waals surface area contributed by atoms with Crippen LogP contribution in [-0.4, -0.2) is 52.1 Å². The van der Waals surface area contributed by atoms with Crippen molar-refractivity contribution in [2.45, 2.75) is 57.5 Å². The van der Waals surface area contributed by atoms with Crippen LogP contribution in [0, 0.1) is 5.92 Å². The molecule has 0 radical (unpaired) electrons. The molecule has 24 heavy (non-hydrogen) atoms. The molecule has 2 saturated heterocycles. The number of nitrogens with two attached hydrogens (primary N) is 1. The van der Waals surface area contributed by atoms with Gasteiger partial charge in [0, 0.05) is 32.7 Å². The predicted octanol–water partition coefficient (Wildman–Crippen LogP) is 1.45. The lowest BCUT2D eigenvalue weighted by molar-refractivity contribution is -0.134. The summed E-state index contributed by atoms with van der Waals surface area (Å²) in [7, 11) is 0. The number of piperidine rings is 1. The maximum Gasteiger partial charge on any atom is 0.222 e. The lowest BCUT2D eigenvalue weighted by Gasteiger charge is -2.33. The molecule has 3 rings (SSSR count). The lowest BCUT2D eigenvalue weighted by atomic mass is 9.95. The van der Waals surface area contributed by atoms with E-state index in [2.05, 4.69) is 10.3 Å². The average molecular weight is 335 g/mol. The Morgan fingerprint density at radius 1 is 1.29 bits per heavy atom. The number of nitrogens with zero attached hydrogens (tertiary/aromatic N) is 4. The van der Waals surface area contributed by atoms with Crippen molar-refractivity contribution in [3.63, 3.8) is 0 Å². The molecule has 3 heterocycles. The zero-order valence-electron chi connectivity index (χ0n) is 14.8. The van der Waals surface area contributed by atoms with Gasteiger partial charge in [-0.1, -0.05) is 5.21 Å². The van der Waals surface area contributed by atoms with Crippen molar-refractivity contribution in [1.29, 1.82) is 0 Å². The van der Waals surface area contributed by atoms with Gasteiger partial charge < -0.3 is 15.4 Å². The van der Waals surface area contributed by atoms with Crippen molar-refractivity contribution in [3.8, 4) is 0 Å². The Morgan fingerprint density at radius 2 is 1.96 bits per heavy atom. The Labute approximate surface area is 143 Å². The molecule has 1 aromatic heterocycles. The van der Waals surface area contributed by atoms with E-state index < -0.39 is 5.54 Å². The molecule has 7 nitrogen and oxygen atoms in total. The van der Waals surface area contributed by atoms with E-state index in [0.717, 1.165) is 57.7 Å². The summed E-state index contributed by atoms with van der Waals surface area (Å²) >= 11 is 0. The summed E-state index contributed by atoms with van der Waals surface area (Å²) in [6.07, 6.45) is 6.49. The Bertz CT molecular complexity index is 552. The number of hydrogen-bond donors (Lipinski definition) is 1. The van der Waals surface area contributed by atoms with Gasteiger partial charge in [-0.05, 0) is 45.4 Å².